The van der Waals surface area contributed by atoms with Gasteiger partial charge in [0, 0.05) is 5.92 Å². The second-order valence-corrected chi connectivity index (χ2v) is 6.16. The third kappa shape index (κ3) is 2.18. The van der Waals surface area contributed by atoms with Gasteiger partial charge in [-0.15, -0.1) is 0 Å². The number of benzene rings is 1. The molecule has 2 aliphatic rings. The van der Waals surface area contributed by atoms with Gasteiger partial charge in [-0.2, -0.15) is 0 Å². The van der Waals surface area contributed by atoms with Gasteiger partial charge in [0.15, 0.2) is 0 Å². The molecule has 0 aromatic heterocycles. The highest BCUT2D eigenvalue weighted by Gasteiger charge is 2.23. The highest BCUT2D eigenvalue weighted by Crippen LogP contribution is 2.37. The van der Waals surface area contributed by atoms with Crippen LogP contribution in [-0.4, -0.2) is 0 Å². The van der Waals surface area contributed by atoms with E-state index in [1.165, 1.54) is 45.4 Å². The lowest BCUT2D eigenvalue weighted by molar-refractivity contribution is 0.741. The monoisotopic (exact) mass is 264 g/mol. The van der Waals surface area contributed by atoms with Crippen LogP contribution in [0.3, 0.4) is 0 Å². The van der Waals surface area contributed by atoms with E-state index in [2.05, 4.69) is 58.1 Å². The molecule has 0 nitrogen and oxygen atoms in total. The van der Waals surface area contributed by atoms with E-state index in [-0.39, 0.29) is 0 Å². The van der Waals surface area contributed by atoms with Crippen molar-refractivity contribution in [3.63, 3.8) is 0 Å². The molecule has 3 rings (SSSR count). The van der Waals surface area contributed by atoms with Gasteiger partial charge in [-0.05, 0) is 72.1 Å². The minimum Gasteiger partial charge on any atom is -0.0732 e. The van der Waals surface area contributed by atoms with E-state index in [9.17, 15) is 0 Å². The Morgan fingerprint density at radius 3 is 2.55 bits per heavy atom. The van der Waals surface area contributed by atoms with Crippen molar-refractivity contribution < 1.29 is 0 Å². The molecule has 1 unspecified atom stereocenters. The second-order valence-electron chi connectivity index (χ2n) is 6.16. The summed E-state index contributed by atoms with van der Waals surface area (Å²) in [5.41, 5.74) is 10.4. The molecule has 2 aliphatic carbocycles. The molecule has 0 amide bonds. The molecule has 0 fully saturated rings. The van der Waals surface area contributed by atoms with Gasteiger partial charge in [-0.3, -0.25) is 0 Å². The molecule has 0 heterocycles. The smallest absolute Gasteiger partial charge is 0.00648 e. The molecule has 0 heteroatoms. The van der Waals surface area contributed by atoms with Crippen molar-refractivity contribution in [2.24, 2.45) is 5.92 Å². The van der Waals surface area contributed by atoms with Gasteiger partial charge in [0.2, 0.25) is 0 Å². The Morgan fingerprint density at radius 2 is 1.85 bits per heavy atom. The van der Waals surface area contributed by atoms with Gasteiger partial charge in [-0.1, -0.05) is 44.2 Å². The first-order valence-corrected chi connectivity index (χ1v) is 7.85. The van der Waals surface area contributed by atoms with Crippen LogP contribution < -0.4 is 0 Å². The van der Waals surface area contributed by atoms with Gasteiger partial charge in [0.1, 0.15) is 0 Å². The molecule has 0 aliphatic heterocycles. The lowest BCUT2D eigenvalue weighted by Gasteiger charge is -2.28. The second kappa shape index (κ2) is 5.09. The topological polar surface area (TPSA) is 0 Å². The molecule has 1 aromatic carbocycles. The van der Waals surface area contributed by atoms with Crippen LogP contribution in [-0.2, 0) is 12.8 Å². The zero-order valence-corrected chi connectivity index (χ0v) is 13.1. The average molecular weight is 264 g/mol. The maximum Gasteiger partial charge on any atom is 0.00648 e. The van der Waals surface area contributed by atoms with Crippen LogP contribution in [0.2, 0.25) is 0 Å². The summed E-state index contributed by atoms with van der Waals surface area (Å²) in [6.45, 7) is 8.99. The third-order valence-corrected chi connectivity index (χ3v) is 4.84. The lowest BCUT2D eigenvalue weighted by atomic mass is 9.77. The van der Waals surface area contributed by atoms with Crippen molar-refractivity contribution in [3.05, 3.63) is 63.3 Å². The van der Waals surface area contributed by atoms with Crippen LogP contribution in [0.25, 0.3) is 6.08 Å². The first-order chi connectivity index (χ1) is 9.62. The molecular formula is C20H24. The fourth-order valence-electron chi connectivity index (χ4n) is 3.58. The third-order valence-electron chi connectivity index (χ3n) is 4.84. The Kier molecular flexibility index (Phi) is 3.41. The van der Waals surface area contributed by atoms with Crippen molar-refractivity contribution in [1.82, 2.24) is 0 Å². The molecule has 0 N–H and O–H groups in total. The van der Waals surface area contributed by atoms with E-state index in [4.69, 9.17) is 0 Å². The van der Waals surface area contributed by atoms with Gasteiger partial charge >= 0.3 is 0 Å². The quantitative estimate of drug-likeness (QED) is 0.670. The molecule has 0 radical (unpaired) electrons. The summed E-state index contributed by atoms with van der Waals surface area (Å²) in [5.74, 6) is 0.591. The Bertz CT molecular complexity index is 638. The van der Waals surface area contributed by atoms with Crippen LogP contribution in [0.1, 0.15) is 49.4 Å². The number of aryl methyl sites for hydroxylation is 2. The average Bonchev–Trinajstić information content (AvgIpc) is 2.44. The molecule has 0 saturated heterocycles. The largest absolute Gasteiger partial charge is 0.0732 e. The first-order valence-electron chi connectivity index (χ1n) is 7.85. The van der Waals surface area contributed by atoms with Crippen LogP contribution in [0.4, 0.5) is 0 Å². The predicted molar refractivity (Wildman–Crippen MR) is 87.9 cm³/mol. The summed E-state index contributed by atoms with van der Waals surface area (Å²) < 4.78 is 0. The molecular weight excluding hydrogens is 240 g/mol. The summed E-state index contributed by atoms with van der Waals surface area (Å²) in [5, 5.41) is 0. The van der Waals surface area contributed by atoms with E-state index < -0.39 is 0 Å². The summed E-state index contributed by atoms with van der Waals surface area (Å²) in [6.07, 6.45) is 10.7. The number of fused-ring (bicyclic) bond motifs is 2. The van der Waals surface area contributed by atoms with Gasteiger partial charge in [0.25, 0.3) is 0 Å². The molecule has 20 heavy (non-hydrogen) atoms. The molecule has 1 aromatic rings. The van der Waals surface area contributed by atoms with Crippen molar-refractivity contribution in [3.8, 4) is 0 Å². The van der Waals surface area contributed by atoms with Gasteiger partial charge in [0.05, 0.1) is 0 Å². The summed E-state index contributed by atoms with van der Waals surface area (Å²) in [6, 6.07) is 4.81. The van der Waals surface area contributed by atoms with Crippen molar-refractivity contribution in [1.29, 1.82) is 0 Å². The van der Waals surface area contributed by atoms with E-state index in [0.29, 0.717) is 5.92 Å². The molecule has 0 bridgehead atoms. The fraction of sp³-hybridized carbons (Fsp3) is 0.400. The number of hydrogen-bond acceptors (Lipinski definition) is 0. The van der Waals surface area contributed by atoms with E-state index in [0.717, 1.165) is 12.8 Å². The maximum atomic E-state index is 2.49. The molecule has 0 spiro atoms. The number of hydrogen-bond donors (Lipinski definition) is 0. The summed E-state index contributed by atoms with van der Waals surface area (Å²) in [7, 11) is 0. The normalized spacial score (nSPS) is 20.6. The Labute approximate surface area is 122 Å². The van der Waals surface area contributed by atoms with Crippen molar-refractivity contribution >= 4 is 6.08 Å². The van der Waals surface area contributed by atoms with E-state index >= 15 is 0 Å². The number of allylic oxidation sites excluding steroid dienone is 5. The highest BCUT2D eigenvalue weighted by molar-refractivity contribution is 5.67. The van der Waals surface area contributed by atoms with Gasteiger partial charge in [-0.25, -0.2) is 0 Å². The highest BCUT2D eigenvalue weighted by atomic mass is 14.3. The standard InChI is InChI=1S/C20H24/c1-5-15-9-19-11-18-8-14(4)16(6-2)10-20(18)12-17(19)7-13(15)3/h7-11,20H,5-6,12H2,1-4H3. The molecule has 1 atom stereocenters. The van der Waals surface area contributed by atoms with E-state index in [1.807, 2.05) is 0 Å². The molecule has 0 saturated carbocycles. The predicted octanol–water partition coefficient (Wildman–Crippen LogP) is 5.41. The fourth-order valence-corrected chi connectivity index (χ4v) is 3.58. The van der Waals surface area contributed by atoms with Crippen molar-refractivity contribution in [2.75, 3.05) is 0 Å². The zero-order valence-electron chi connectivity index (χ0n) is 13.1. The maximum absolute atomic E-state index is 2.49. The minimum atomic E-state index is 0.591. The zero-order chi connectivity index (χ0) is 14.3. The van der Waals surface area contributed by atoms with Crippen LogP contribution in [0.5, 0.6) is 0 Å². The SMILES string of the molecule is CCC1=CC2Cc3cc(C)c(CC)cc3C=C2C=C1C. The summed E-state index contributed by atoms with van der Waals surface area (Å²) in [4.78, 5) is 0. The lowest BCUT2D eigenvalue weighted by Crippen LogP contribution is -2.15. The van der Waals surface area contributed by atoms with Gasteiger partial charge < -0.3 is 0 Å². The van der Waals surface area contributed by atoms with Crippen LogP contribution >= 0.6 is 0 Å². The molecule has 104 valence electrons. The Hall–Kier alpha value is -1.56. The first kappa shape index (κ1) is 13.4. The Balaban J connectivity index is 2.07. The van der Waals surface area contributed by atoms with E-state index in [1.54, 1.807) is 0 Å². The van der Waals surface area contributed by atoms with Crippen molar-refractivity contribution in [2.45, 2.75) is 47.0 Å². The van der Waals surface area contributed by atoms with Crippen LogP contribution in [0, 0.1) is 12.8 Å². The Morgan fingerprint density at radius 1 is 1.05 bits per heavy atom. The summed E-state index contributed by atoms with van der Waals surface area (Å²) >= 11 is 0. The minimum absolute atomic E-state index is 0.591. The number of rotatable bonds is 2. The van der Waals surface area contributed by atoms with Crippen LogP contribution in [0.15, 0.2) is 41.0 Å².